The van der Waals surface area contributed by atoms with E-state index < -0.39 is 0 Å². The number of benzene rings is 3. The summed E-state index contributed by atoms with van der Waals surface area (Å²) in [6, 6.07) is 21.8. The van der Waals surface area contributed by atoms with Crippen LogP contribution in [0.1, 0.15) is 11.1 Å². The number of fused-ring (bicyclic) bond motifs is 1. The highest BCUT2D eigenvalue weighted by atomic mass is 32.2. The van der Waals surface area contributed by atoms with Gasteiger partial charge in [-0.3, -0.25) is 4.79 Å². The maximum Gasteiger partial charge on any atom is 0.317 e. The predicted octanol–water partition coefficient (Wildman–Crippen LogP) is 3.77. The third kappa shape index (κ3) is 5.75. The van der Waals surface area contributed by atoms with Crippen LogP contribution in [0.25, 0.3) is 11.0 Å². The molecular weight excluding hydrogens is 464 g/mol. The number of carbonyl (C=O) groups excluding carboxylic acids is 1. The Morgan fingerprint density at radius 3 is 2.37 bits per heavy atom. The number of nitrogens with one attached hydrogen (secondary N) is 2. The zero-order chi connectivity index (χ0) is 24.6. The van der Waals surface area contributed by atoms with Gasteiger partial charge >= 0.3 is 5.16 Å². The number of carbonyl (C=O) groups is 1. The van der Waals surface area contributed by atoms with Crippen LogP contribution in [-0.4, -0.2) is 44.2 Å². The lowest BCUT2D eigenvalue weighted by Crippen LogP contribution is -2.36. The van der Waals surface area contributed by atoms with E-state index in [0.717, 1.165) is 16.2 Å². The number of amides is 1. The Balaban J connectivity index is 1.43. The fraction of sp³-hybridized carbons (Fsp3) is 0.192. The highest BCUT2D eigenvalue weighted by Crippen LogP contribution is 2.37. The van der Waals surface area contributed by atoms with E-state index in [0.29, 0.717) is 29.4 Å². The van der Waals surface area contributed by atoms with Crippen molar-refractivity contribution >= 4 is 34.9 Å². The van der Waals surface area contributed by atoms with E-state index in [1.807, 2.05) is 36.4 Å². The molecule has 8 nitrogen and oxygen atoms in total. The third-order valence-corrected chi connectivity index (χ3v) is 6.30. The normalized spacial score (nSPS) is 11.1. The molecule has 1 heterocycles. The SMILES string of the molecule is COc1cc(C=NNC(=O)CSc2[nH]c3ccccc3[n+]2Cc2ccccc2)cc(OC)c1OC. The predicted molar refractivity (Wildman–Crippen MR) is 137 cm³/mol. The number of imidazole rings is 1. The van der Waals surface area contributed by atoms with Crippen molar-refractivity contribution in [1.29, 1.82) is 0 Å². The summed E-state index contributed by atoms with van der Waals surface area (Å²) in [5, 5.41) is 4.99. The molecule has 1 aromatic heterocycles. The van der Waals surface area contributed by atoms with Gasteiger partial charge in [0, 0.05) is 5.56 Å². The van der Waals surface area contributed by atoms with Gasteiger partial charge in [0.15, 0.2) is 22.5 Å². The minimum absolute atomic E-state index is 0.203. The standard InChI is InChI=1S/C26H26N4O4S/c1-32-22-13-19(14-23(33-2)25(22)34-3)15-27-29-24(31)17-35-26-28-20-11-7-8-12-21(20)30(26)16-18-9-5-4-6-10-18/h4-15H,16-17H2,1-3H3,(H,29,31)/p+1. The van der Waals surface area contributed by atoms with Crippen molar-refractivity contribution < 1.29 is 23.6 Å². The second-order valence-corrected chi connectivity index (χ2v) is 8.52. The van der Waals surface area contributed by atoms with Gasteiger partial charge in [-0.05, 0) is 41.6 Å². The molecule has 0 fully saturated rings. The number of hydrogen-bond donors (Lipinski definition) is 2. The van der Waals surface area contributed by atoms with Crippen molar-refractivity contribution in [3.63, 3.8) is 0 Å². The Labute approximate surface area is 207 Å². The van der Waals surface area contributed by atoms with Crippen molar-refractivity contribution in [3.8, 4) is 17.2 Å². The van der Waals surface area contributed by atoms with Gasteiger partial charge in [-0.1, -0.05) is 42.5 Å². The average molecular weight is 492 g/mol. The molecule has 9 heteroatoms. The van der Waals surface area contributed by atoms with Gasteiger partial charge in [0.25, 0.3) is 5.91 Å². The number of ether oxygens (including phenoxy) is 3. The van der Waals surface area contributed by atoms with E-state index in [-0.39, 0.29) is 11.7 Å². The zero-order valence-corrected chi connectivity index (χ0v) is 20.6. The van der Waals surface area contributed by atoms with E-state index in [2.05, 4.69) is 38.3 Å². The maximum absolute atomic E-state index is 12.5. The molecule has 0 unspecified atom stereocenters. The van der Waals surface area contributed by atoms with Crippen LogP contribution in [0.3, 0.4) is 0 Å². The number of thioether (sulfide) groups is 1. The molecule has 4 rings (SSSR count). The smallest absolute Gasteiger partial charge is 0.317 e. The Hall–Kier alpha value is -3.98. The lowest BCUT2D eigenvalue weighted by atomic mass is 10.2. The Bertz CT molecular complexity index is 1310. The molecule has 0 bridgehead atoms. The molecule has 0 aliphatic rings. The number of rotatable bonds is 10. The molecule has 0 radical (unpaired) electrons. The second kappa shape index (κ2) is 11.4. The topological polar surface area (TPSA) is 88.8 Å². The molecule has 0 spiro atoms. The number of hydrogen-bond acceptors (Lipinski definition) is 6. The summed E-state index contributed by atoms with van der Waals surface area (Å²) in [6.45, 7) is 0.702. The molecule has 3 aromatic carbocycles. The number of hydrazone groups is 1. The number of para-hydroxylation sites is 2. The first kappa shape index (κ1) is 24.2. The molecule has 0 aliphatic heterocycles. The first-order valence-corrected chi connectivity index (χ1v) is 11.9. The lowest BCUT2D eigenvalue weighted by Gasteiger charge is -2.12. The molecule has 180 valence electrons. The summed E-state index contributed by atoms with van der Waals surface area (Å²) in [7, 11) is 4.64. The number of aromatic amines is 1. The van der Waals surface area contributed by atoms with E-state index in [1.54, 1.807) is 33.5 Å². The summed E-state index contributed by atoms with van der Waals surface area (Å²) in [5.74, 6) is 1.50. The van der Waals surface area contributed by atoms with Gasteiger partial charge in [-0.25, -0.2) is 15.0 Å². The van der Waals surface area contributed by atoms with Gasteiger partial charge in [0.05, 0.1) is 33.3 Å². The number of aromatic nitrogens is 2. The molecule has 0 saturated carbocycles. The molecule has 0 saturated heterocycles. The van der Waals surface area contributed by atoms with E-state index >= 15 is 0 Å². The molecule has 2 N–H and O–H groups in total. The van der Waals surface area contributed by atoms with Crippen LogP contribution in [0.5, 0.6) is 17.2 Å². The summed E-state index contributed by atoms with van der Waals surface area (Å²) in [5.41, 5.74) is 6.57. The van der Waals surface area contributed by atoms with Gasteiger partial charge in [-0.2, -0.15) is 5.10 Å². The van der Waals surface area contributed by atoms with Crippen molar-refractivity contribution in [2.24, 2.45) is 5.10 Å². The third-order valence-electron chi connectivity index (χ3n) is 5.30. The van der Waals surface area contributed by atoms with Gasteiger partial charge in [0.2, 0.25) is 5.75 Å². The summed E-state index contributed by atoms with van der Waals surface area (Å²) < 4.78 is 18.2. The largest absolute Gasteiger partial charge is 0.493 e. The van der Waals surface area contributed by atoms with E-state index in [9.17, 15) is 4.79 Å². The van der Waals surface area contributed by atoms with Crippen LogP contribution in [0.2, 0.25) is 0 Å². The minimum atomic E-state index is -0.219. The molecule has 1 amide bonds. The van der Waals surface area contributed by atoms with E-state index in [4.69, 9.17) is 14.2 Å². The van der Waals surface area contributed by atoms with Gasteiger partial charge < -0.3 is 14.2 Å². The van der Waals surface area contributed by atoms with Crippen molar-refractivity contribution in [2.45, 2.75) is 11.7 Å². The van der Waals surface area contributed by atoms with Crippen LogP contribution < -0.4 is 24.2 Å². The molecular formula is C26H27N4O4S+. The van der Waals surface area contributed by atoms with E-state index in [1.165, 1.54) is 23.5 Å². The maximum atomic E-state index is 12.5. The Morgan fingerprint density at radius 1 is 1.00 bits per heavy atom. The first-order valence-electron chi connectivity index (χ1n) is 10.9. The van der Waals surface area contributed by atoms with Crippen LogP contribution in [-0.2, 0) is 11.3 Å². The quantitative estimate of drug-likeness (QED) is 0.153. The van der Waals surface area contributed by atoms with Crippen LogP contribution in [0, 0.1) is 0 Å². The van der Waals surface area contributed by atoms with Gasteiger partial charge in [0.1, 0.15) is 6.54 Å². The lowest BCUT2D eigenvalue weighted by molar-refractivity contribution is -0.700. The summed E-state index contributed by atoms with van der Waals surface area (Å²) >= 11 is 1.43. The fourth-order valence-electron chi connectivity index (χ4n) is 3.66. The molecule has 0 aliphatic carbocycles. The highest BCUT2D eigenvalue weighted by molar-refractivity contribution is 7.99. The Kier molecular flexibility index (Phi) is 7.89. The minimum Gasteiger partial charge on any atom is -0.493 e. The number of nitrogens with zero attached hydrogens (tertiary/aromatic N) is 2. The summed E-state index contributed by atoms with van der Waals surface area (Å²) in [4.78, 5) is 15.9. The Morgan fingerprint density at radius 2 is 1.69 bits per heavy atom. The van der Waals surface area contributed by atoms with Crippen molar-refractivity contribution in [1.82, 2.24) is 10.4 Å². The second-order valence-electron chi connectivity index (χ2n) is 7.56. The molecule has 35 heavy (non-hydrogen) atoms. The summed E-state index contributed by atoms with van der Waals surface area (Å²) in [6.07, 6.45) is 1.53. The van der Waals surface area contributed by atoms with Crippen LogP contribution >= 0.6 is 11.8 Å². The van der Waals surface area contributed by atoms with Gasteiger partial charge in [-0.15, -0.1) is 0 Å². The van der Waals surface area contributed by atoms with Crippen molar-refractivity contribution in [2.75, 3.05) is 27.1 Å². The molecule has 0 atom stereocenters. The number of methoxy groups -OCH3 is 3. The number of H-pyrrole nitrogens is 1. The average Bonchev–Trinajstić information content (AvgIpc) is 3.24. The fourth-order valence-corrected chi connectivity index (χ4v) is 4.50. The zero-order valence-electron chi connectivity index (χ0n) is 19.8. The van der Waals surface area contributed by atoms with Crippen LogP contribution in [0.4, 0.5) is 0 Å². The molecule has 4 aromatic rings. The van der Waals surface area contributed by atoms with Crippen molar-refractivity contribution in [3.05, 3.63) is 77.9 Å². The first-order chi connectivity index (χ1) is 17.1. The highest BCUT2D eigenvalue weighted by Gasteiger charge is 2.20. The van der Waals surface area contributed by atoms with Crippen LogP contribution in [0.15, 0.2) is 77.0 Å². The monoisotopic (exact) mass is 491 g/mol.